The zero-order chi connectivity index (χ0) is 17.0. The van der Waals surface area contributed by atoms with Crippen LogP contribution in [0.5, 0.6) is 0 Å². The molecule has 0 aliphatic carbocycles. The molecule has 0 aliphatic rings. The van der Waals surface area contributed by atoms with Crippen molar-refractivity contribution in [3.05, 3.63) is 29.3 Å². The van der Waals surface area contributed by atoms with E-state index in [1.165, 1.54) is 16.4 Å². The Morgan fingerprint density at radius 2 is 1.96 bits per heavy atom. The van der Waals surface area contributed by atoms with Crippen LogP contribution in [0.4, 0.5) is 0 Å². The third-order valence-corrected chi connectivity index (χ3v) is 4.68. The van der Waals surface area contributed by atoms with E-state index in [1.807, 2.05) is 19.1 Å². The number of hydrogen-bond donors (Lipinski definition) is 2. The lowest BCUT2D eigenvalue weighted by Crippen LogP contribution is -2.37. The lowest BCUT2D eigenvalue weighted by Gasteiger charge is -2.16. The molecule has 6 nitrogen and oxygen atoms in total. The van der Waals surface area contributed by atoms with Gasteiger partial charge in [-0.15, -0.1) is 10.2 Å². The molecule has 2 rings (SSSR count). The van der Waals surface area contributed by atoms with E-state index in [4.69, 9.17) is 17.4 Å². The van der Waals surface area contributed by atoms with Gasteiger partial charge < -0.3 is 11.2 Å². The van der Waals surface area contributed by atoms with Crippen LogP contribution in [0.15, 0.2) is 29.4 Å². The molecular formula is C15H20ClN5OS. The second kappa shape index (κ2) is 7.70. The van der Waals surface area contributed by atoms with E-state index in [9.17, 15) is 4.79 Å². The third kappa shape index (κ3) is 4.62. The van der Waals surface area contributed by atoms with Crippen molar-refractivity contribution in [3.63, 3.8) is 0 Å². The predicted octanol–water partition coefficient (Wildman–Crippen LogP) is 2.57. The Labute approximate surface area is 144 Å². The summed E-state index contributed by atoms with van der Waals surface area (Å²) in [6.45, 7) is 6.11. The summed E-state index contributed by atoms with van der Waals surface area (Å²) in [5.41, 5.74) is 0.814. The summed E-state index contributed by atoms with van der Waals surface area (Å²) in [6.07, 6.45) is 0. The molecule has 0 saturated carbocycles. The zero-order valence-corrected chi connectivity index (χ0v) is 14.9. The molecule has 0 spiro atoms. The monoisotopic (exact) mass is 353 g/mol. The molecule has 0 saturated heterocycles. The standard InChI is InChI=1S/C15H20ClN5OS/c1-9(2)10(3)18-13(22)8-23-15-20-19-14(21(15)17)11-4-6-12(16)7-5-11/h4-7,9-10H,8,17H2,1-3H3,(H,18,22)/t10-/m0/s1. The lowest BCUT2D eigenvalue weighted by molar-refractivity contribution is -0.119. The number of benzene rings is 1. The number of aromatic nitrogens is 3. The topological polar surface area (TPSA) is 85.8 Å². The summed E-state index contributed by atoms with van der Waals surface area (Å²) in [5.74, 6) is 7.12. The SMILES string of the molecule is CC(C)[C@H](C)NC(=O)CSc1nnc(-c2ccc(Cl)cc2)n1N. The van der Waals surface area contributed by atoms with E-state index in [-0.39, 0.29) is 17.7 Å². The fourth-order valence-electron chi connectivity index (χ4n) is 1.76. The Kier molecular flexibility index (Phi) is 5.90. The molecule has 23 heavy (non-hydrogen) atoms. The number of nitrogens with two attached hydrogens (primary N) is 1. The van der Waals surface area contributed by atoms with Gasteiger partial charge in [0.25, 0.3) is 0 Å². The highest BCUT2D eigenvalue weighted by atomic mass is 35.5. The van der Waals surface area contributed by atoms with Gasteiger partial charge in [0.1, 0.15) is 0 Å². The molecule has 2 aromatic rings. The maximum Gasteiger partial charge on any atom is 0.230 e. The number of nitrogens with zero attached hydrogens (tertiary/aromatic N) is 3. The summed E-state index contributed by atoms with van der Waals surface area (Å²) in [7, 11) is 0. The van der Waals surface area contributed by atoms with Crippen molar-refractivity contribution >= 4 is 29.3 Å². The number of carbonyl (C=O) groups excluding carboxylic acids is 1. The average molecular weight is 354 g/mol. The highest BCUT2D eigenvalue weighted by Crippen LogP contribution is 2.22. The van der Waals surface area contributed by atoms with Crippen molar-refractivity contribution in [1.29, 1.82) is 0 Å². The Bertz CT molecular complexity index is 671. The van der Waals surface area contributed by atoms with Gasteiger partial charge in [-0.3, -0.25) is 4.79 Å². The van der Waals surface area contributed by atoms with E-state index in [0.717, 1.165) is 5.56 Å². The quantitative estimate of drug-likeness (QED) is 0.615. The van der Waals surface area contributed by atoms with Crippen molar-refractivity contribution < 1.29 is 4.79 Å². The average Bonchev–Trinajstić information content (AvgIpc) is 2.87. The molecule has 1 atom stereocenters. The Morgan fingerprint density at radius 1 is 1.30 bits per heavy atom. The minimum atomic E-state index is -0.0488. The van der Waals surface area contributed by atoms with Gasteiger partial charge in [0.05, 0.1) is 5.75 Å². The molecule has 1 aromatic carbocycles. The number of rotatable bonds is 6. The molecule has 124 valence electrons. The molecule has 1 heterocycles. The number of hydrogen-bond acceptors (Lipinski definition) is 5. The first kappa shape index (κ1) is 17.6. The van der Waals surface area contributed by atoms with Crippen molar-refractivity contribution in [1.82, 2.24) is 20.2 Å². The first-order valence-corrected chi connectivity index (χ1v) is 8.63. The van der Waals surface area contributed by atoms with Crippen LogP contribution in [0.1, 0.15) is 20.8 Å². The van der Waals surface area contributed by atoms with E-state index >= 15 is 0 Å². The molecule has 0 unspecified atom stereocenters. The minimum absolute atomic E-state index is 0.0488. The molecule has 8 heteroatoms. The molecule has 3 N–H and O–H groups in total. The van der Waals surface area contributed by atoms with Gasteiger partial charge in [0, 0.05) is 16.6 Å². The van der Waals surface area contributed by atoms with Crippen LogP contribution >= 0.6 is 23.4 Å². The minimum Gasteiger partial charge on any atom is -0.353 e. The van der Waals surface area contributed by atoms with Crippen LogP contribution in [-0.2, 0) is 4.79 Å². The van der Waals surface area contributed by atoms with Crippen LogP contribution in [0.2, 0.25) is 5.02 Å². The van der Waals surface area contributed by atoms with Gasteiger partial charge in [-0.1, -0.05) is 37.2 Å². The molecule has 1 amide bonds. The Hall–Kier alpha value is -1.73. The van der Waals surface area contributed by atoms with Gasteiger partial charge in [-0.2, -0.15) is 0 Å². The van der Waals surface area contributed by atoms with Crippen LogP contribution < -0.4 is 11.2 Å². The summed E-state index contributed by atoms with van der Waals surface area (Å²) >= 11 is 7.12. The Balaban J connectivity index is 2.00. The first-order chi connectivity index (χ1) is 10.9. The van der Waals surface area contributed by atoms with E-state index in [0.29, 0.717) is 21.9 Å². The fourth-order valence-corrected chi connectivity index (χ4v) is 2.56. The van der Waals surface area contributed by atoms with Crippen LogP contribution in [-0.4, -0.2) is 32.6 Å². The summed E-state index contributed by atoms with van der Waals surface area (Å²) in [5, 5.41) is 12.2. The van der Waals surface area contributed by atoms with Crippen LogP contribution in [0, 0.1) is 5.92 Å². The van der Waals surface area contributed by atoms with Crippen LogP contribution in [0.3, 0.4) is 0 Å². The number of thioether (sulfide) groups is 1. The van der Waals surface area contributed by atoms with E-state index in [1.54, 1.807) is 12.1 Å². The zero-order valence-electron chi connectivity index (χ0n) is 13.3. The smallest absolute Gasteiger partial charge is 0.230 e. The van der Waals surface area contributed by atoms with E-state index < -0.39 is 0 Å². The summed E-state index contributed by atoms with van der Waals surface area (Å²) in [4.78, 5) is 11.9. The van der Waals surface area contributed by atoms with Crippen molar-refractivity contribution in [3.8, 4) is 11.4 Å². The van der Waals surface area contributed by atoms with E-state index in [2.05, 4.69) is 29.4 Å². The van der Waals surface area contributed by atoms with Crippen molar-refractivity contribution in [2.24, 2.45) is 5.92 Å². The molecule has 0 bridgehead atoms. The number of nitrogens with one attached hydrogen (secondary N) is 1. The molecule has 0 radical (unpaired) electrons. The number of carbonyl (C=O) groups is 1. The van der Waals surface area contributed by atoms with Gasteiger partial charge in [-0.25, -0.2) is 4.68 Å². The molecule has 1 aromatic heterocycles. The fraction of sp³-hybridized carbons (Fsp3) is 0.400. The number of amides is 1. The molecule has 0 aliphatic heterocycles. The Morgan fingerprint density at radius 3 is 2.57 bits per heavy atom. The maximum absolute atomic E-state index is 11.9. The lowest BCUT2D eigenvalue weighted by atomic mass is 10.1. The maximum atomic E-state index is 11.9. The number of nitrogen functional groups attached to an aromatic ring is 1. The highest BCUT2D eigenvalue weighted by molar-refractivity contribution is 7.99. The molecular weight excluding hydrogens is 334 g/mol. The first-order valence-electron chi connectivity index (χ1n) is 7.27. The van der Waals surface area contributed by atoms with Gasteiger partial charge >= 0.3 is 0 Å². The summed E-state index contributed by atoms with van der Waals surface area (Å²) < 4.78 is 1.38. The molecule has 0 fully saturated rings. The largest absolute Gasteiger partial charge is 0.353 e. The third-order valence-electron chi connectivity index (χ3n) is 3.49. The second-order valence-corrected chi connectivity index (χ2v) is 6.95. The van der Waals surface area contributed by atoms with Gasteiger partial charge in [-0.05, 0) is 37.1 Å². The second-order valence-electron chi connectivity index (χ2n) is 5.57. The number of halogens is 1. The summed E-state index contributed by atoms with van der Waals surface area (Å²) in [6, 6.07) is 7.30. The highest BCUT2D eigenvalue weighted by Gasteiger charge is 2.15. The normalized spacial score (nSPS) is 12.4. The van der Waals surface area contributed by atoms with Gasteiger partial charge in [0.15, 0.2) is 5.82 Å². The van der Waals surface area contributed by atoms with Crippen molar-refractivity contribution in [2.45, 2.75) is 32.0 Å². The van der Waals surface area contributed by atoms with Gasteiger partial charge in [0.2, 0.25) is 11.1 Å². The predicted molar refractivity (Wildman–Crippen MR) is 93.8 cm³/mol. The van der Waals surface area contributed by atoms with Crippen molar-refractivity contribution in [2.75, 3.05) is 11.6 Å². The van der Waals surface area contributed by atoms with Crippen LogP contribution in [0.25, 0.3) is 11.4 Å².